The van der Waals surface area contributed by atoms with Crippen LogP contribution in [0.5, 0.6) is 0 Å². The lowest BCUT2D eigenvalue weighted by Gasteiger charge is -1.98. The Morgan fingerprint density at radius 2 is 2.12 bits per heavy atom. The number of ketones is 1. The van der Waals surface area contributed by atoms with E-state index in [1.165, 1.54) is 11.3 Å². The number of nitrogens with one attached hydrogen (secondary N) is 1. The molecule has 0 aliphatic heterocycles. The van der Waals surface area contributed by atoms with E-state index in [4.69, 9.17) is 0 Å². The summed E-state index contributed by atoms with van der Waals surface area (Å²) >= 11 is 1.31. The molecule has 1 N–H and O–H groups in total. The van der Waals surface area contributed by atoms with E-state index in [0.29, 0.717) is 22.1 Å². The van der Waals surface area contributed by atoms with Gasteiger partial charge >= 0.3 is 0 Å². The van der Waals surface area contributed by atoms with Gasteiger partial charge in [0.05, 0.1) is 5.56 Å². The predicted octanol–water partition coefficient (Wildman–Crippen LogP) is 4.08. The summed E-state index contributed by atoms with van der Waals surface area (Å²) in [4.78, 5) is 29.1. The molecule has 2 aromatic heterocycles. The number of para-hydroxylation sites is 1. The van der Waals surface area contributed by atoms with Crippen LogP contribution in [0.2, 0.25) is 0 Å². The summed E-state index contributed by atoms with van der Waals surface area (Å²) in [5, 5.41) is 3.16. The largest absolute Gasteiger partial charge is 0.360 e. The number of H-pyrrole nitrogens is 1. The number of amidine groups is 1. The molecular formula is C19H17N4OS. The summed E-state index contributed by atoms with van der Waals surface area (Å²) in [6.45, 7) is 1.94. The number of aromatic nitrogens is 2. The van der Waals surface area contributed by atoms with Gasteiger partial charge in [-0.3, -0.25) is 9.79 Å². The summed E-state index contributed by atoms with van der Waals surface area (Å²) in [5.41, 5.74) is 4.21. The van der Waals surface area contributed by atoms with Crippen LogP contribution in [-0.4, -0.2) is 34.3 Å². The topological polar surface area (TPSA) is 70.5 Å². The molecule has 0 saturated heterocycles. The fourth-order valence-electron chi connectivity index (χ4n) is 2.58. The molecule has 0 fully saturated rings. The number of nitrogens with zero attached hydrogens (tertiary/aromatic N) is 3. The Hall–Kier alpha value is -2.86. The van der Waals surface area contributed by atoms with Crippen molar-refractivity contribution in [3.63, 3.8) is 0 Å². The molecule has 1 radical (unpaired) electrons. The number of carbonyl (C=O) groups excluding carboxylic acids is 1. The van der Waals surface area contributed by atoms with Crippen molar-refractivity contribution >= 4 is 39.6 Å². The Kier molecular flexibility index (Phi) is 3.89. The number of rotatable bonds is 4. The Labute approximate surface area is 150 Å². The number of aliphatic imine (C=N–C) groups is 2. The third-order valence-electron chi connectivity index (χ3n) is 4.00. The van der Waals surface area contributed by atoms with Crippen LogP contribution < -0.4 is 0 Å². The minimum Gasteiger partial charge on any atom is -0.360 e. The highest BCUT2D eigenvalue weighted by atomic mass is 32.1. The Balaban J connectivity index is 0.00000196. The van der Waals surface area contributed by atoms with Gasteiger partial charge in [-0.05, 0) is 18.6 Å². The van der Waals surface area contributed by atoms with E-state index in [9.17, 15) is 4.79 Å². The molecule has 125 valence electrons. The predicted molar refractivity (Wildman–Crippen MR) is 104 cm³/mol. The van der Waals surface area contributed by atoms with Gasteiger partial charge in [0.25, 0.3) is 0 Å². The van der Waals surface area contributed by atoms with Gasteiger partial charge in [0.15, 0.2) is 10.8 Å². The molecule has 3 aromatic rings. The first-order chi connectivity index (χ1) is 12.2. The van der Waals surface area contributed by atoms with Gasteiger partial charge in [-0.25, -0.2) is 9.98 Å². The fraction of sp³-hybridized carbons (Fsp3) is 0.105. The van der Waals surface area contributed by atoms with Crippen molar-refractivity contribution in [2.24, 2.45) is 9.98 Å². The van der Waals surface area contributed by atoms with Gasteiger partial charge in [0.2, 0.25) is 5.78 Å². The van der Waals surface area contributed by atoms with Crippen molar-refractivity contribution in [1.82, 2.24) is 9.97 Å². The highest BCUT2D eigenvalue weighted by Crippen LogP contribution is 2.23. The van der Waals surface area contributed by atoms with Crippen molar-refractivity contribution in [3.8, 4) is 0 Å². The second-order valence-electron chi connectivity index (χ2n) is 5.65. The van der Waals surface area contributed by atoms with Crippen LogP contribution in [0.1, 0.15) is 29.4 Å². The normalized spacial score (nSPS) is 14.7. The summed E-state index contributed by atoms with van der Waals surface area (Å²) in [5.74, 6) is 0.441. The zero-order valence-electron chi connectivity index (χ0n) is 13.8. The van der Waals surface area contributed by atoms with Gasteiger partial charge in [0.1, 0.15) is 5.69 Å². The standard InChI is InChI=1S/C19H15N4OS.H2/c1-11(12-7-8-12)22-18(20-2)16-10-25-19(23-16)17(24)14-9-21-15-6-4-3-5-13(14)15;/h3-10,21H,1-2H3;1H. The van der Waals surface area contributed by atoms with Gasteiger partial charge in [-0.15, -0.1) is 11.3 Å². The molecule has 0 amide bonds. The first kappa shape index (κ1) is 15.7. The van der Waals surface area contributed by atoms with Crippen LogP contribution in [0.4, 0.5) is 0 Å². The smallest absolute Gasteiger partial charge is 0.223 e. The van der Waals surface area contributed by atoms with E-state index < -0.39 is 0 Å². The lowest BCUT2D eigenvalue weighted by molar-refractivity contribution is 0.104. The van der Waals surface area contributed by atoms with Crippen LogP contribution in [0.15, 0.2) is 57.5 Å². The quantitative estimate of drug-likeness (QED) is 0.438. The number of carbonyl (C=O) groups is 1. The molecule has 6 heteroatoms. The van der Waals surface area contributed by atoms with Gasteiger partial charge in [-0.2, -0.15) is 0 Å². The average Bonchev–Trinajstić information content (AvgIpc) is 3.22. The second-order valence-corrected chi connectivity index (χ2v) is 6.51. The highest BCUT2D eigenvalue weighted by molar-refractivity contribution is 7.12. The molecule has 0 bridgehead atoms. The third kappa shape index (κ3) is 2.96. The molecule has 5 nitrogen and oxygen atoms in total. The second kappa shape index (κ2) is 6.22. The van der Waals surface area contributed by atoms with E-state index in [-0.39, 0.29) is 7.21 Å². The molecule has 2 heterocycles. The Bertz CT molecular complexity index is 1070. The highest BCUT2D eigenvalue weighted by Gasteiger charge is 2.19. The maximum atomic E-state index is 12.8. The molecular weight excluding hydrogens is 332 g/mol. The number of fused-ring (bicyclic) bond motifs is 1. The van der Waals surface area contributed by atoms with Gasteiger partial charge in [-0.1, -0.05) is 24.3 Å². The number of aromatic amines is 1. The third-order valence-corrected chi connectivity index (χ3v) is 4.84. The first-order valence-electron chi connectivity index (χ1n) is 7.81. The summed E-state index contributed by atoms with van der Waals surface area (Å²) in [7, 11) is 1.68. The maximum Gasteiger partial charge on any atom is 0.223 e. The molecule has 1 aromatic carbocycles. The Morgan fingerprint density at radius 1 is 1.32 bits per heavy atom. The molecule has 1 aliphatic carbocycles. The number of hydrogen-bond acceptors (Lipinski definition) is 4. The molecule has 0 spiro atoms. The van der Waals surface area contributed by atoms with E-state index in [1.807, 2.05) is 49.1 Å². The lowest BCUT2D eigenvalue weighted by atomic mass is 10.1. The lowest BCUT2D eigenvalue weighted by Crippen LogP contribution is -2.05. The van der Waals surface area contributed by atoms with E-state index >= 15 is 0 Å². The minimum atomic E-state index is -0.0944. The number of benzene rings is 1. The summed E-state index contributed by atoms with van der Waals surface area (Å²) < 4.78 is 0. The van der Waals surface area contributed by atoms with Crippen LogP contribution in [-0.2, 0) is 0 Å². The molecule has 1 aliphatic rings. The fourth-order valence-corrected chi connectivity index (χ4v) is 3.33. The van der Waals surface area contributed by atoms with E-state index in [2.05, 4.69) is 20.0 Å². The molecule has 0 saturated carbocycles. The van der Waals surface area contributed by atoms with Crippen LogP contribution in [0, 0.1) is 6.42 Å². The molecule has 0 atom stereocenters. The zero-order chi connectivity index (χ0) is 17.4. The molecule has 25 heavy (non-hydrogen) atoms. The maximum absolute atomic E-state index is 12.8. The van der Waals surface area contributed by atoms with Crippen molar-refractivity contribution in [1.29, 1.82) is 0 Å². The van der Waals surface area contributed by atoms with Crippen molar-refractivity contribution in [3.05, 3.63) is 70.2 Å². The zero-order valence-corrected chi connectivity index (χ0v) is 14.6. The number of hydrogen-bond donors (Lipinski definition) is 1. The molecule has 0 unspecified atom stereocenters. The van der Waals surface area contributed by atoms with E-state index in [0.717, 1.165) is 22.2 Å². The van der Waals surface area contributed by atoms with E-state index in [1.54, 1.807) is 13.2 Å². The summed E-state index contributed by atoms with van der Waals surface area (Å²) in [6.07, 6.45) is 5.73. The van der Waals surface area contributed by atoms with Gasteiger partial charge < -0.3 is 4.98 Å². The molecule has 4 rings (SSSR count). The van der Waals surface area contributed by atoms with Crippen LogP contribution in [0.25, 0.3) is 10.9 Å². The SMILES string of the molecule is CN=C(N=C(C)C1=C[CH]1)c1csc(C(=O)c2c[nH]c3ccccc23)n1.[HH]. The average molecular weight is 349 g/mol. The van der Waals surface area contributed by atoms with Crippen LogP contribution >= 0.6 is 11.3 Å². The summed E-state index contributed by atoms with van der Waals surface area (Å²) in [6, 6.07) is 7.73. The van der Waals surface area contributed by atoms with Crippen molar-refractivity contribution < 1.29 is 6.22 Å². The number of allylic oxidation sites excluding steroid dienone is 2. The van der Waals surface area contributed by atoms with Crippen molar-refractivity contribution in [2.45, 2.75) is 6.92 Å². The Morgan fingerprint density at radius 3 is 2.88 bits per heavy atom. The van der Waals surface area contributed by atoms with Crippen LogP contribution in [0.3, 0.4) is 0 Å². The number of thiazole rings is 1. The first-order valence-corrected chi connectivity index (χ1v) is 8.69. The minimum absolute atomic E-state index is 0. The van der Waals surface area contributed by atoms with Gasteiger partial charge in [0, 0.05) is 43.1 Å². The van der Waals surface area contributed by atoms with Crippen molar-refractivity contribution in [2.75, 3.05) is 7.05 Å². The monoisotopic (exact) mass is 349 g/mol.